The predicted molar refractivity (Wildman–Crippen MR) is 121 cm³/mol. The van der Waals surface area contributed by atoms with Crippen molar-refractivity contribution in [1.29, 1.82) is 0 Å². The van der Waals surface area contributed by atoms with Gasteiger partial charge in [0.25, 0.3) is 5.91 Å². The zero-order chi connectivity index (χ0) is 21.6. The Morgan fingerprint density at radius 3 is 2.52 bits per heavy atom. The van der Waals surface area contributed by atoms with Gasteiger partial charge in [0.05, 0.1) is 12.8 Å². The Morgan fingerprint density at radius 1 is 0.968 bits per heavy atom. The summed E-state index contributed by atoms with van der Waals surface area (Å²) < 4.78 is 7.00. The molecule has 4 aromatic rings. The molecule has 0 saturated carbocycles. The van der Waals surface area contributed by atoms with Gasteiger partial charge in [-0.3, -0.25) is 4.79 Å². The van der Waals surface area contributed by atoms with Crippen molar-refractivity contribution in [3.63, 3.8) is 0 Å². The summed E-state index contributed by atoms with van der Waals surface area (Å²) in [4.78, 5) is 17.5. The summed E-state index contributed by atoms with van der Waals surface area (Å²) in [5, 5.41) is 7.41. The van der Waals surface area contributed by atoms with Gasteiger partial charge in [-0.1, -0.05) is 54.6 Å². The number of aromatic nitrogens is 3. The molecule has 0 aliphatic carbocycles. The molecule has 1 heterocycles. The molecule has 6 heteroatoms. The maximum Gasteiger partial charge on any atom is 0.295 e. The van der Waals surface area contributed by atoms with Crippen LogP contribution < -0.4 is 10.1 Å². The van der Waals surface area contributed by atoms with Gasteiger partial charge in [-0.25, -0.2) is 9.67 Å². The quantitative estimate of drug-likeness (QED) is 0.481. The van der Waals surface area contributed by atoms with Gasteiger partial charge in [-0.2, -0.15) is 0 Å². The molecule has 0 saturated heterocycles. The first-order chi connectivity index (χ1) is 15.1. The molecule has 1 aromatic heterocycles. The number of amides is 1. The molecule has 0 aliphatic heterocycles. The molecule has 1 amide bonds. The van der Waals surface area contributed by atoms with Crippen LogP contribution in [0.5, 0.6) is 5.75 Å². The van der Waals surface area contributed by atoms with Crippen LogP contribution in [0.15, 0.2) is 78.9 Å². The molecule has 0 unspecified atom stereocenters. The minimum Gasteiger partial charge on any atom is -0.497 e. The summed E-state index contributed by atoms with van der Waals surface area (Å²) in [5.74, 6) is 1.18. The van der Waals surface area contributed by atoms with Gasteiger partial charge in [0, 0.05) is 18.2 Å². The summed E-state index contributed by atoms with van der Waals surface area (Å²) in [5.41, 5.74) is 3.82. The predicted octanol–water partition coefficient (Wildman–Crippen LogP) is 4.62. The Balaban J connectivity index is 1.63. The number of ether oxygens (including phenoxy) is 1. The maximum absolute atomic E-state index is 12.9. The fourth-order valence-corrected chi connectivity index (χ4v) is 3.39. The van der Waals surface area contributed by atoms with E-state index in [1.165, 1.54) is 5.56 Å². The minimum atomic E-state index is -0.360. The number of carbonyl (C=O) groups excluding carboxylic acids is 1. The monoisotopic (exact) mass is 412 g/mol. The number of rotatable bonds is 7. The number of para-hydroxylation sites is 1. The highest BCUT2D eigenvalue weighted by Gasteiger charge is 2.18. The molecule has 4 rings (SSSR count). The van der Waals surface area contributed by atoms with E-state index in [1.54, 1.807) is 23.9 Å². The summed E-state index contributed by atoms with van der Waals surface area (Å²) in [7, 11) is 1.59. The third-order valence-electron chi connectivity index (χ3n) is 5.03. The zero-order valence-electron chi connectivity index (χ0n) is 17.6. The Morgan fingerprint density at radius 2 is 1.74 bits per heavy atom. The van der Waals surface area contributed by atoms with Crippen LogP contribution in [-0.4, -0.2) is 27.8 Å². The number of aryl methyl sites for hydroxylation is 3. The lowest BCUT2D eigenvalue weighted by Crippen LogP contribution is -2.14. The first-order valence-electron chi connectivity index (χ1n) is 10.2. The smallest absolute Gasteiger partial charge is 0.295 e. The van der Waals surface area contributed by atoms with Crippen LogP contribution in [0.3, 0.4) is 0 Å². The molecule has 1 N–H and O–H groups in total. The van der Waals surface area contributed by atoms with Crippen molar-refractivity contribution in [2.24, 2.45) is 0 Å². The number of carbonyl (C=O) groups is 1. The van der Waals surface area contributed by atoms with E-state index in [0.29, 0.717) is 17.9 Å². The van der Waals surface area contributed by atoms with E-state index in [4.69, 9.17) is 4.74 Å². The van der Waals surface area contributed by atoms with Crippen molar-refractivity contribution in [1.82, 2.24) is 14.8 Å². The SMILES string of the molecule is COc1cccc(NC(=O)c2nc(CCc3ccccc3)n(-c3ccccc3C)n2)c1. The summed E-state index contributed by atoms with van der Waals surface area (Å²) in [6.07, 6.45) is 1.47. The van der Waals surface area contributed by atoms with Gasteiger partial charge < -0.3 is 10.1 Å². The largest absolute Gasteiger partial charge is 0.497 e. The van der Waals surface area contributed by atoms with Crippen LogP contribution in [0.2, 0.25) is 0 Å². The van der Waals surface area contributed by atoms with Crippen LogP contribution in [0.25, 0.3) is 5.69 Å². The number of hydrogen-bond acceptors (Lipinski definition) is 4. The lowest BCUT2D eigenvalue weighted by atomic mass is 10.1. The second-order valence-electron chi connectivity index (χ2n) is 7.22. The normalized spacial score (nSPS) is 10.6. The number of hydrogen-bond donors (Lipinski definition) is 1. The van der Waals surface area contributed by atoms with E-state index < -0.39 is 0 Å². The van der Waals surface area contributed by atoms with Crippen molar-refractivity contribution in [2.45, 2.75) is 19.8 Å². The van der Waals surface area contributed by atoms with Crippen LogP contribution in [-0.2, 0) is 12.8 Å². The minimum absolute atomic E-state index is 0.133. The molecular formula is C25H24N4O2. The maximum atomic E-state index is 12.9. The van der Waals surface area contributed by atoms with E-state index in [1.807, 2.05) is 61.5 Å². The van der Waals surface area contributed by atoms with Crippen LogP contribution in [0.4, 0.5) is 5.69 Å². The molecule has 0 spiro atoms. The van der Waals surface area contributed by atoms with Crippen molar-refractivity contribution < 1.29 is 9.53 Å². The van der Waals surface area contributed by atoms with E-state index >= 15 is 0 Å². The molecule has 0 bridgehead atoms. The van der Waals surface area contributed by atoms with E-state index in [0.717, 1.165) is 23.5 Å². The van der Waals surface area contributed by atoms with E-state index in [-0.39, 0.29) is 11.7 Å². The number of nitrogens with zero attached hydrogens (tertiary/aromatic N) is 3. The molecule has 156 valence electrons. The van der Waals surface area contributed by atoms with Gasteiger partial charge in [0.15, 0.2) is 0 Å². The van der Waals surface area contributed by atoms with E-state index in [2.05, 4.69) is 27.5 Å². The Bertz CT molecular complexity index is 1190. The summed E-state index contributed by atoms with van der Waals surface area (Å²) >= 11 is 0. The van der Waals surface area contributed by atoms with Crippen molar-refractivity contribution in [2.75, 3.05) is 12.4 Å². The number of methoxy groups -OCH3 is 1. The second kappa shape index (κ2) is 9.26. The zero-order valence-corrected chi connectivity index (χ0v) is 17.6. The lowest BCUT2D eigenvalue weighted by molar-refractivity contribution is 0.101. The molecule has 0 radical (unpaired) electrons. The highest BCUT2D eigenvalue weighted by atomic mass is 16.5. The third-order valence-corrected chi connectivity index (χ3v) is 5.03. The second-order valence-corrected chi connectivity index (χ2v) is 7.22. The fourth-order valence-electron chi connectivity index (χ4n) is 3.39. The number of anilines is 1. The molecule has 3 aromatic carbocycles. The summed E-state index contributed by atoms with van der Waals surface area (Å²) in [6, 6.07) is 25.4. The van der Waals surface area contributed by atoms with Crippen molar-refractivity contribution in [3.8, 4) is 11.4 Å². The lowest BCUT2D eigenvalue weighted by Gasteiger charge is -2.08. The third kappa shape index (κ3) is 4.80. The van der Waals surface area contributed by atoms with Crippen molar-refractivity contribution >= 4 is 11.6 Å². The Hall–Kier alpha value is -3.93. The molecule has 0 aliphatic rings. The Labute approximate surface area is 181 Å². The number of benzene rings is 3. The van der Waals surface area contributed by atoms with Crippen LogP contribution >= 0.6 is 0 Å². The molecule has 6 nitrogen and oxygen atoms in total. The average molecular weight is 412 g/mol. The standard InChI is InChI=1S/C25H24N4O2/c1-18-9-6-7-14-22(18)29-23(16-15-19-10-4-3-5-11-19)27-24(28-29)25(30)26-20-12-8-13-21(17-20)31-2/h3-14,17H,15-16H2,1-2H3,(H,26,30). The van der Waals surface area contributed by atoms with Crippen molar-refractivity contribution in [3.05, 3.63) is 102 Å². The highest BCUT2D eigenvalue weighted by Crippen LogP contribution is 2.19. The summed E-state index contributed by atoms with van der Waals surface area (Å²) in [6.45, 7) is 2.02. The van der Waals surface area contributed by atoms with Gasteiger partial charge in [0.1, 0.15) is 11.6 Å². The number of nitrogens with one attached hydrogen (secondary N) is 1. The van der Waals surface area contributed by atoms with Gasteiger partial charge >= 0.3 is 0 Å². The molecular weight excluding hydrogens is 388 g/mol. The van der Waals surface area contributed by atoms with Gasteiger partial charge in [-0.05, 0) is 42.7 Å². The van der Waals surface area contributed by atoms with Gasteiger partial charge in [0.2, 0.25) is 5.82 Å². The fraction of sp³-hybridized carbons (Fsp3) is 0.160. The molecule has 0 atom stereocenters. The van der Waals surface area contributed by atoms with Gasteiger partial charge in [-0.15, -0.1) is 5.10 Å². The highest BCUT2D eigenvalue weighted by molar-refractivity contribution is 6.01. The Kier molecular flexibility index (Phi) is 6.08. The topological polar surface area (TPSA) is 69.0 Å². The van der Waals surface area contributed by atoms with E-state index in [9.17, 15) is 4.79 Å². The average Bonchev–Trinajstić information content (AvgIpc) is 3.23. The first kappa shape index (κ1) is 20.3. The first-order valence-corrected chi connectivity index (χ1v) is 10.2. The molecule has 31 heavy (non-hydrogen) atoms. The van der Waals surface area contributed by atoms with Crippen LogP contribution in [0.1, 0.15) is 27.6 Å². The van der Waals surface area contributed by atoms with Crippen LogP contribution in [0, 0.1) is 6.92 Å². The molecule has 0 fully saturated rings.